The second-order valence-corrected chi connectivity index (χ2v) is 8.73. The number of hydrogen-bond donors (Lipinski definition) is 3. The van der Waals surface area contributed by atoms with Crippen LogP contribution < -0.4 is 15.8 Å². The Morgan fingerprint density at radius 2 is 1.68 bits per heavy atom. The third kappa shape index (κ3) is 7.45. The molecule has 1 unspecified atom stereocenters. The Morgan fingerprint density at radius 3 is 2.27 bits per heavy atom. The third-order valence-corrected chi connectivity index (χ3v) is 6.18. The molecule has 1 atom stereocenters. The van der Waals surface area contributed by atoms with Crippen molar-refractivity contribution in [1.29, 1.82) is 5.41 Å². The maximum atomic E-state index is 13.1. The van der Waals surface area contributed by atoms with Gasteiger partial charge in [-0.3, -0.25) is 15.0 Å². The largest absolute Gasteiger partial charge is 0.511 e. The van der Waals surface area contributed by atoms with Gasteiger partial charge in [-0.2, -0.15) is 0 Å². The van der Waals surface area contributed by atoms with Gasteiger partial charge < -0.3 is 30.0 Å². The highest BCUT2D eigenvalue weighted by Gasteiger charge is 2.30. The Labute approximate surface area is 215 Å². The Morgan fingerprint density at radius 1 is 1.03 bits per heavy atom. The number of amides is 1. The second-order valence-electron chi connectivity index (χ2n) is 8.73. The molecule has 0 spiro atoms. The van der Waals surface area contributed by atoms with Gasteiger partial charge in [0.25, 0.3) is 5.91 Å². The molecular weight excluding hydrogens is 478 g/mol. The number of nitrogens with two attached hydrogens (primary N) is 1. The average Bonchev–Trinajstić information content (AvgIpc) is 2.88. The standard InChI is InChI=1S/C27H33N3O7/c1-4-35-27(33)37-16(2)36-26(32)19-9-12-21(13-10-19)30-25(31)22-15-20(11-14-23(22)34-3)17-5-7-18(8-6-17)24(28)29/h5-8,11,14-16,19,21H,4,9-10,12-13H2,1-3H3,(H3,28,29)(H,30,31). The van der Waals surface area contributed by atoms with Crippen LogP contribution >= 0.6 is 0 Å². The smallest absolute Gasteiger partial charge is 0.496 e. The van der Waals surface area contributed by atoms with Crippen LogP contribution in [-0.2, 0) is 19.0 Å². The summed E-state index contributed by atoms with van der Waals surface area (Å²) in [5, 5.41) is 10.6. The van der Waals surface area contributed by atoms with Crippen LogP contribution in [0.5, 0.6) is 5.75 Å². The van der Waals surface area contributed by atoms with Gasteiger partial charge in [-0.15, -0.1) is 0 Å². The summed E-state index contributed by atoms with van der Waals surface area (Å²) < 4.78 is 20.2. The molecule has 0 bridgehead atoms. The van der Waals surface area contributed by atoms with Crippen molar-refractivity contribution in [2.75, 3.05) is 13.7 Å². The van der Waals surface area contributed by atoms with Gasteiger partial charge in [0.05, 0.1) is 25.2 Å². The minimum Gasteiger partial charge on any atom is -0.496 e. The van der Waals surface area contributed by atoms with Crippen LogP contribution in [0.3, 0.4) is 0 Å². The Kier molecular flexibility index (Phi) is 9.48. The van der Waals surface area contributed by atoms with Gasteiger partial charge in [0, 0.05) is 18.5 Å². The number of benzene rings is 2. The Bertz CT molecular complexity index is 1130. The van der Waals surface area contributed by atoms with E-state index in [2.05, 4.69) is 10.1 Å². The zero-order valence-electron chi connectivity index (χ0n) is 21.2. The van der Waals surface area contributed by atoms with Crippen LogP contribution in [0.4, 0.5) is 4.79 Å². The maximum absolute atomic E-state index is 13.1. The molecule has 0 aromatic heterocycles. The zero-order chi connectivity index (χ0) is 26.9. The summed E-state index contributed by atoms with van der Waals surface area (Å²) in [5.74, 6) is -0.594. The molecule has 10 heteroatoms. The van der Waals surface area contributed by atoms with E-state index in [9.17, 15) is 14.4 Å². The molecular formula is C27H33N3O7. The van der Waals surface area contributed by atoms with Gasteiger partial charge in [0.2, 0.25) is 6.29 Å². The number of rotatable bonds is 9. The maximum Gasteiger partial charge on any atom is 0.511 e. The molecule has 1 fully saturated rings. The van der Waals surface area contributed by atoms with Crippen molar-refractivity contribution < 1.29 is 33.3 Å². The molecule has 37 heavy (non-hydrogen) atoms. The van der Waals surface area contributed by atoms with E-state index in [4.69, 9.17) is 25.4 Å². The first-order valence-electron chi connectivity index (χ1n) is 12.2. The Hall–Kier alpha value is -4.08. The lowest BCUT2D eigenvalue weighted by Crippen LogP contribution is -2.39. The number of nitrogen functional groups attached to an aromatic ring is 1. The van der Waals surface area contributed by atoms with Crippen molar-refractivity contribution in [2.24, 2.45) is 11.7 Å². The monoisotopic (exact) mass is 511 g/mol. The number of amidine groups is 1. The number of carbonyl (C=O) groups is 3. The number of hydrogen-bond acceptors (Lipinski definition) is 8. The second kappa shape index (κ2) is 12.8. The molecule has 1 amide bonds. The third-order valence-electron chi connectivity index (χ3n) is 6.18. The molecule has 0 radical (unpaired) electrons. The lowest BCUT2D eigenvalue weighted by atomic mass is 9.86. The summed E-state index contributed by atoms with van der Waals surface area (Å²) in [4.78, 5) is 36.9. The molecule has 4 N–H and O–H groups in total. The zero-order valence-corrected chi connectivity index (χ0v) is 21.2. The van der Waals surface area contributed by atoms with Gasteiger partial charge in [0.15, 0.2) is 0 Å². The molecule has 198 valence electrons. The van der Waals surface area contributed by atoms with Crippen LogP contribution in [0.1, 0.15) is 55.5 Å². The minimum atomic E-state index is -1.04. The fraction of sp³-hybridized carbons (Fsp3) is 0.407. The van der Waals surface area contributed by atoms with Gasteiger partial charge in [-0.1, -0.05) is 30.3 Å². The Balaban J connectivity index is 1.58. The molecule has 1 aliphatic carbocycles. The van der Waals surface area contributed by atoms with E-state index >= 15 is 0 Å². The minimum absolute atomic E-state index is 0.0103. The van der Waals surface area contributed by atoms with E-state index < -0.39 is 18.4 Å². The van der Waals surface area contributed by atoms with E-state index in [1.54, 1.807) is 31.2 Å². The first-order chi connectivity index (χ1) is 17.7. The first-order valence-corrected chi connectivity index (χ1v) is 12.2. The van der Waals surface area contributed by atoms with Crippen molar-refractivity contribution in [2.45, 2.75) is 51.9 Å². The molecule has 3 rings (SSSR count). The topological polar surface area (TPSA) is 150 Å². The number of methoxy groups -OCH3 is 1. The van der Waals surface area contributed by atoms with Crippen LogP contribution in [0, 0.1) is 11.3 Å². The quantitative estimate of drug-likeness (QED) is 0.198. The van der Waals surface area contributed by atoms with E-state index in [0.717, 1.165) is 11.1 Å². The van der Waals surface area contributed by atoms with Crippen molar-refractivity contribution >= 4 is 23.9 Å². The molecule has 1 saturated carbocycles. The highest BCUT2D eigenvalue weighted by molar-refractivity contribution is 5.99. The lowest BCUT2D eigenvalue weighted by Gasteiger charge is -2.28. The SMILES string of the molecule is CCOC(=O)OC(C)OC(=O)C1CCC(NC(=O)c2cc(-c3ccc(C(=N)N)cc3)ccc2OC)CC1. The molecule has 2 aromatic carbocycles. The summed E-state index contributed by atoms with van der Waals surface area (Å²) in [6.07, 6.45) is 0.356. The first kappa shape index (κ1) is 27.5. The van der Waals surface area contributed by atoms with Crippen LogP contribution in [0.2, 0.25) is 0 Å². The van der Waals surface area contributed by atoms with Gasteiger partial charge in [-0.25, -0.2) is 4.79 Å². The summed E-state index contributed by atoms with van der Waals surface area (Å²) in [6.45, 7) is 3.27. The predicted molar refractivity (Wildman–Crippen MR) is 136 cm³/mol. The highest BCUT2D eigenvalue weighted by Crippen LogP contribution is 2.29. The fourth-order valence-electron chi connectivity index (χ4n) is 4.22. The average molecular weight is 512 g/mol. The van der Waals surface area contributed by atoms with Crippen molar-refractivity contribution in [1.82, 2.24) is 5.32 Å². The summed E-state index contributed by atoms with van der Waals surface area (Å²) in [5.41, 5.74) is 8.26. The molecule has 10 nitrogen and oxygen atoms in total. The van der Waals surface area contributed by atoms with E-state index in [0.29, 0.717) is 42.6 Å². The predicted octanol–water partition coefficient (Wildman–Crippen LogP) is 4.00. The lowest BCUT2D eigenvalue weighted by molar-refractivity contribution is -0.173. The van der Waals surface area contributed by atoms with Crippen LogP contribution in [0.15, 0.2) is 42.5 Å². The van der Waals surface area contributed by atoms with E-state index in [-0.39, 0.29) is 30.3 Å². The summed E-state index contributed by atoms with van der Waals surface area (Å²) >= 11 is 0. The van der Waals surface area contributed by atoms with Crippen molar-refractivity contribution in [3.63, 3.8) is 0 Å². The molecule has 0 saturated heterocycles. The van der Waals surface area contributed by atoms with Crippen molar-refractivity contribution in [3.8, 4) is 16.9 Å². The summed E-state index contributed by atoms with van der Waals surface area (Å²) in [7, 11) is 1.51. The van der Waals surface area contributed by atoms with E-state index in [1.807, 2.05) is 18.2 Å². The van der Waals surface area contributed by atoms with Crippen LogP contribution in [0.25, 0.3) is 11.1 Å². The van der Waals surface area contributed by atoms with Gasteiger partial charge >= 0.3 is 12.1 Å². The molecule has 0 aliphatic heterocycles. The highest BCUT2D eigenvalue weighted by atomic mass is 16.8. The fourth-order valence-corrected chi connectivity index (χ4v) is 4.22. The number of ether oxygens (including phenoxy) is 4. The normalized spacial score (nSPS) is 17.7. The number of esters is 1. The van der Waals surface area contributed by atoms with Crippen molar-refractivity contribution in [3.05, 3.63) is 53.6 Å². The summed E-state index contributed by atoms with van der Waals surface area (Å²) in [6, 6.07) is 12.5. The molecule has 2 aromatic rings. The molecule has 1 aliphatic rings. The number of carbonyl (C=O) groups excluding carboxylic acids is 3. The van der Waals surface area contributed by atoms with E-state index in [1.165, 1.54) is 14.0 Å². The number of nitrogens with one attached hydrogen (secondary N) is 2. The van der Waals surface area contributed by atoms with Gasteiger partial charge in [-0.05, 0) is 55.9 Å². The molecule has 0 heterocycles. The van der Waals surface area contributed by atoms with Crippen LogP contribution in [-0.4, -0.2) is 49.9 Å². The van der Waals surface area contributed by atoms with Gasteiger partial charge in [0.1, 0.15) is 11.6 Å².